The lowest BCUT2D eigenvalue weighted by molar-refractivity contribution is 0.296. The molecule has 210 valence electrons. The average molecular weight is 680 g/mol. The number of methoxy groups -OCH3 is 1. The van der Waals surface area contributed by atoms with Gasteiger partial charge in [0.2, 0.25) is 20.0 Å². The van der Waals surface area contributed by atoms with Crippen LogP contribution in [0.3, 0.4) is 0 Å². The van der Waals surface area contributed by atoms with Crippen LogP contribution in [0.25, 0.3) is 0 Å². The summed E-state index contributed by atoms with van der Waals surface area (Å²) >= 11 is 15.9. The summed E-state index contributed by atoms with van der Waals surface area (Å²) in [5.74, 6) is 1.11. The van der Waals surface area contributed by atoms with Gasteiger partial charge in [-0.05, 0) is 48.4 Å². The minimum Gasteiger partial charge on any atom is -0.497 e. The molecule has 3 aromatic carbocycles. The molecule has 1 aliphatic rings. The zero-order chi connectivity index (χ0) is 28.4. The van der Waals surface area contributed by atoms with Gasteiger partial charge >= 0.3 is 0 Å². The van der Waals surface area contributed by atoms with Crippen LogP contribution in [0.4, 0.5) is 0 Å². The molecule has 0 aliphatic carbocycles. The summed E-state index contributed by atoms with van der Waals surface area (Å²) in [6, 6.07) is 14.2. The second-order valence-corrected chi connectivity index (χ2v) is 14.2. The van der Waals surface area contributed by atoms with E-state index in [0.717, 1.165) is 11.8 Å². The van der Waals surface area contributed by atoms with Crippen molar-refractivity contribution in [2.45, 2.75) is 24.0 Å². The fourth-order valence-corrected chi connectivity index (χ4v) is 7.71. The Balaban J connectivity index is 1.66. The van der Waals surface area contributed by atoms with Crippen molar-refractivity contribution in [2.24, 2.45) is 0 Å². The first-order chi connectivity index (χ1) is 18.4. The van der Waals surface area contributed by atoms with Crippen LogP contribution in [0, 0.1) is 0 Å². The highest BCUT2D eigenvalue weighted by Gasteiger charge is 2.36. The lowest BCUT2D eigenvalue weighted by Gasteiger charge is -2.20. The zero-order valence-electron chi connectivity index (χ0n) is 20.9. The molecule has 1 heterocycles. The molecule has 9 nitrogen and oxygen atoms in total. The SMILES string of the molecule is COc1ccc(COc2ccc(Oc3c(Cl)cc(Br)cc3Cl)cc2S(=O)(=O)N2CC[C@@H](NS(C)(=O)=O)C2)cc1. The molecule has 14 heteroatoms. The van der Waals surface area contributed by atoms with Crippen LogP contribution in [0.15, 0.2) is 64.0 Å². The molecule has 0 spiro atoms. The molecule has 0 saturated carbocycles. The maximum Gasteiger partial charge on any atom is 0.246 e. The molecular formula is C25H25BrCl2N2O7S2. The van der Waals surface area contributed by atoms with E-state index in [0.29, 0.717) is 16.6 Å². The molecule has 0 unspecified atom stereocenters. The Kier molecular flexibility index (Phi) is 9.37. The molecular weight excluding hydrogens is 655 g/mol. The summed E-state index contributed by atoms with van der Waals surface area (Å²) < 4.78 is 72.3. The summed E-state index contributed by atoms with van der Waals surface area (Å²) in [5, 5.41) is 0.459. The molecule has 4 rings (SSSR count). The monoisotopic (exact) mass is 678 g/mol. The predicted molar refractivity (Wildman–Crippen MR) is 153 cm³/mol. The minimum atomic E-state index is -4.11. The van der Waals surface area contributed by atoms with Crippen molar-refractivity contribution >= 4 is 59.2 Å². The van der Waals surface area contributed by atoms with E-state index in [4.69, 9.17) is 37.4 Å². The van der Waals surface area contributed by atoms with Crippen molar-refractivity contribution in [3.63, 3.8) is 0 Å². The van der Waals surface area contributed by atoms with Crippen LogP contribution in [-0.2, 0) is 26.7 Å². The number of rotatable bonds is 10. The Hall–Kier alpha value is -2.06. The minimum absolute atomic E-state index is 0.0250. The summed E-state index contributed by atoms with van der Waals surface area (Å²) in [7, 11) is -6.05. The van der Waals surface area contributed by atoms with E-state index in [1.54, 1.807) is 37.4 Å². The quantitative estimate of drug-likeness (QED) is 0.304. The van der Waals surface area contributed by atoms with Gasteiger partial charge in [-0.2, -0.15) is 4.31 Å². The highest BCUT2D eigenvalue weighted by atomic mass is 79.9. The van der Waals surface area contributed by atoms with Gasteiger partial charge in [-0.1, -0.05) is 51.3 Å². The fourth-order valence-electron chi connectivity index (χ4n) is 3.98. The molecule has 1 atom stereocenters. The normalized spacial score (nSPS) is 16.3. The third-order valence-electron chi connectivity index (χ3n) is 5.80. The predicted octanol–water partition coefficient (Wildman–Crippen LogP) is 5.45. The zero-order valence-corrected chi connectivity index (χ0v) is 25.6. The number of hydrogen-bond donors (Lipinski definition) is 1. The molecule has 0 radical (unpaired) electrons. The standard InChI is InChI=1S/C25H25BrCl2N2O7S2/c1-35-19-5-3-16(4-6-19)15-36-23-8-7-20(37-25-21(27)11-17(26)12-22(25)28)13-24(23)39(33,34)30-10-9-18(14-30)29-38(2,31)32/h3-8,11-13,18,29H,9-10,14-15H2,1-2H3/t18-/m1/s1. The molecule has 0 bridgehead atoms. The first kappa shape index (κ1) is 29.9. The van der Waals surface area contributed by atoms with E-state index in [-0.39, 0.29) is 51.9 Å². The van der Waals surface area contributed by atoms with Gasteiger partial charge in [0.05, 0.1) is 23.4 Å². The Bertz CT molecular complexity index is 1550. The molecule has 1 saturated heterocycles. The van der Waals surface area contributed by atoms with Gasteiger partial charge in [0.15, 0.2) is 5.75 Å². The first-order valence-corrected chi connectivity index (χ1v) is 16.4. The van der Waals surface area contributed by atoms with E-state index >= 15 is 0 Å². The van der Waals surface area contributed by atoms with Gasteiger partial charge in [-0.3, -0.25) is 0 Å². The maximum absolute atomic E-state index is 13.8. The number of nitrogens with one attached hydrogen (secondary N) is 1. The van der Waals surface area contributed by atoms with Crippen molar-refractivity contribution in [1.82, 2.24) is 9.03 Å². The van der Waals surface area contributed by atoms with E-state index in [2.05, 4.69) is 20.7 Å². The number of ether oxygens (including phenoxy) is 3. The molecule has 0 aromatic heterocycles. The number of halogens is 3. The Morgan fingerprint density at radius 1 is 1.00 bits per heavy atom. The highest BCUT2D eigenvalue weighted by molar-refractivity contribution is 9.10. The van der Waals surface area contributed by atoms with Gasteiger partial charge in [0.1, 0.15) is 28.8 Å². The lowest BCUT2D eigenvalue weighted by atomic mass is 10.2. The lowest BCUT2D eigenvalue weighted by Crippen LogP contribution is -2.37. The largest absolute Gasteiger partial charge is 0.497 e. The molecule has 0 amide bonds. The maximum atomic E-state index is 13.8. The second kappa shape index (κ2) is 12.2. The van der Waals surface area contributed by atoms with Gasteiger partial charge < -0.3 is 14.2 Å². The van der Waals surface area contributed by atoms with Gasteiger partial charge in [0, 0.05) is 29.7 Å². The Labute approximate surface area is 246 Å². The first-order valence-electron chi connectivity index (χ1n) is 11.6. The molecule has 39 heavy (non-hydrogen) atoms. The van der Waals surface area contributed by atoms with E-state index < -0.39 is 26.1 Å². The highest BCUT2D eigenvalue weighted by Crippen LogP contribution is 2.41. The van der Waals surface area contributed by atoms with E-state index in [9.17, 15) is 16.8 Å². The smallest absolute Gasteiger partial charge is 0.246 e. The summed E-state index contributed by atoms with van der Waals surface area (Å²) in [6.45, 7) is 0.195. The summed E-state index contributed by atoms with van der Waals surface area (Å²) in [6.07, 6.45) is 1.36. The van der Waals surface area contributed by atoms with Crippen LogP contribution >= 0.6 is 39.1 Å². The van der Waals surface area contributed by atoms with E-state index in [1.165, 1.54) is 16.4 Å². The molecule has 1 fully saturated rings. The fraction of sp³-hybridized carbons (Fsp3) is 0.280. The Morgan fingerprint density at radius 2 is 1.64 bits per heavy atom. The van der Waals surface area contributed by atoms with Crippen molar-refractivity contribution < 1.29 is 31.0 Å². The second-order valence-electron chi connectivity index (χ2n) is 8.78. The van der Waals surface area contributed by atoms with Crippen LogP contribution in [0.1, 0.15) is 12.0 Å². The number of benzene rings is 3. The van der Waals surface area contributed by atoms with Crippen molar-refractivity contribution in [3.8, 4) is 23.0 Å². The Morgan fingerprint density at radius 3 is 2.26 bits per heavy atom. The van der Waals surface area contributed by atoms with Gasteiger partial charge in [0.25, 0.3) is 0 Å². The number of sulfonamides is 2. The number of hydrogen-bond acceptors (Lipinski definition) is 7. The van der Waals surface area contributed by atoms with Crippen LogP contribution in [0.2, 0.25) is 10.0 Å². The van der Waals surface area contributed by atoms with Crippen LogP contribution < -0.4 is 18.9 Å². The molecule has 1 N–H and O–H groups in total. The van der Waals surface area contributed by atoms with Crippen molar-refractivity contribution in [2.75, 3.05) is 26.5 Å². The topological polar surface area (TPSA) is 111 Å². The van der Waals surface area contributed by atoms with E-state index in [1.807, 2.05) is 12.1 Å². The van der Waals surface area contributed by atoms with Gasteiger partial charge in [-0.15, -0.1) is 0 Å². The molecule has 1 aliphatic heterocycles. The van der Waals surface area contributed by atoms with Crippen LogP contribution in [0.5, 0.6) is 23.0 Å². The summed E-state index contributed by atoms with van der Waals surface area (Å²) in [5.41, 5.74) is 0.798. The third kappa shape index (κ3) is 7.57. The van der Waals surface area contributed by atoms with Crippen molar-refractivity contribution in [1.29, 1.82) is 0 Å². The van der Waals surface area contributed by atoms with Crippen molar-refractivity contribution in [3.05, 3.63) is 74.7 Å². The summed E-state index contributed by atoms with van der Waals surface area (Å²) in [4.78, 5) is -0.141. The van der Waals surface area contributed by atoms with Crippen LogP contribution in [-0.4, -0.2) is 53.6 Å². The van der Waals surface area contributed by atoms with Gasteiger partial charge in [-0.25, -0.2) is 21.6 Å². The molecule has 3 aromatic rings. The number of nitrogens with zero attached hydrogens (tertiary/aromatic N) is 1. The third-order valence-corrected chi connectivity index (χ3v) is 9.47. The average Bonchev–Trinajstić information content (AvgIpc) is 3.33.